The Kier molecular flexibility index (Phi) is 6.45. The lowest BCUT2D eigenvalue weighted by Crippen LogP contribution is -2.29. The highest BCUT2D eigenvalue weighted by atomic mass is 16.5. The zero-order valence-electron chi connectivity index (χ0n) is 13.0. The van der Waals surface area contributed by atoms with Gasteiger partial charge in [-0.1, -0.05) is 67.6 Å². The van der Waals surface area contributed by atoms with Crippen molar-refractivity contribution in [2.45, 2.75) is 19.4 Å². The van der Waals surface area contributed by atoms with E-state index in [-0.39, 0.29) is 0 Å². The molecule has 2 rings (SSSR count). The molecule has 0 amide bonds. The molecule has 2 atom stereocenters. The summed E-state index contributed by atoms with van der Waals surface area (Å²) in [6, 6.07) is 21.7. The normalized spacial score (nSPS) is 13.8. The monoisotopic (exact) mass is 283 g/mol. The van der Waals surface area contributed by atoms with E-state index in [1.807, 2.05) is 0 Å². The maximum atomic E-state index is 5.22. The second-order valence-electron chi connectivity index (χ2n) is 5.62. The van der Waals surface area contributed by atoms with Crippen LogP contribution in [0.1, 0.15) is 24.1 Å². The zero-order valence-corrected chi connectivity index (χ0v) is 13.0. The van der Waals surface area contributed by atoms with Gasteiger partial charge in [0.1, 0.15) is 0 Å². The van der Waals surface area contributed by atoms with Gasteiger partial charge >= 0.3 is 0 Å². The predicted molar refractivity (Wildman–Crippen MR) is 88.4 cm³/mol. The molecule has 21 heavy (non-hydrogen) atoms. The summed E-state index contributed by atoms with van der Waals surface area (Å²) in [4.78, 5) is 0. The lowest BCUT2D eigenvalue weighted by atomic mass is 9.98. The van der Waals surface area contributed by atoms with Crippen LogP contribution in [0.2, 0.25) is 0 Å². The molecule has 0 aliphatic carbocycles. The van der Waals surface area contributed by atoms with Gasteiger partial charge in [0.25, 0.3) is 0 Å². The van der Waals surface area contributed by atoms with Gasteiger partial charge in [-0.25, -0.2) is 0 Å². The molecule has 0 bridgehead atoms. The van der Waals surface area contributed by atoms with Crippen LogP contribution in [0.3, 0.4) is 0 Å². The first-order valence-electron chi connectivity index (χ1n) is 7.60. The molecule has 0 heterocycles. The summed E-state index contributed by atoms with van der Waals surface area (Å²) in [7, 11) is 1.76. The van der Waals surface area contributed by atoms with Crippen molar-refractivity contribution in [1.82, 2.24) is 5.32 Å². The standard InChI is InChI=1S/C19H25NO/c1-16(15-21-2)14-20-19(18-11-7-4-8-12-18)13-17-9-5-3-6-10-17/h3-12,16,19-20H,13-15H2,1-2H3. The van der Waals surface area contributed by atoms with Crippen LogP contribution < -0.4 is 5.32 Å². The van der Waals surface area contributed by atoms with Crippen LogP contribution >= 0.6 is 0 Å². The third-order valence-corrected chi connectivity index (χ3v) is 3.65. The number of benzene rings is 2. The van der Waals surface area contributed by atoms with Crippen molar-refractivity contribution >= 4 is 0 Å². The Bertz CT molecular complexity index is 497. The van der Waals surface area contributed by atoms with Crippen LogP contribution in [-0.4, -0.2) is 20.3 Å². The Morgan fingerprint density at radius 2 is 1.57 bits per heavy atom. The summed E-state index contributed by atoms with van der Waals surface area (Å²) in [5.74, 6) is 0.511. The van der Waals surface area contributed by atoms with Gasteiger partial charge < -0.3 is 10.1 Å². The molecule has 1 N–H and O–H groups in total. The second-order valence-corrected chi connectivity index (χ2v) is 5.62. The van der Waals surface area contributed by atoms with Crippen molar-refractivity contribution in [3.63, 3.8) is 0 Å². The largest absolute Gasteiger partial charge is 0.384 e. The molecule has 2 heteroatoms. The third kappa shape index (κ3) is 5.33. The molecule has 0 fully saturated rings. The van der Waals surface area contributed by atoms with E-state index >= 15 is 0 Å². The number of hydrogen-bond acceptors (Lipinski definition) is 2. The summed E-state index contributed by atoms with van der Waals surface area (Å²) >= 11 is 0. The average Bonchev–Trinajstić information content (AvgIpc) is 2.53. The summed E-state index contributed by atoms with van der Waals surface area (Å²) < 4.78 is 5.22. The van der Waals surface area contributed by atoms with Crippen molar-refractivity contribution in [3.8, 4) is 0 Å². The molecule has 0 aliphatic heterocycles. The number of nitrogens with one attached hydrogen (secondary N) is 1. The molecule has 2 aromatic rings. The molecule has 0 saturated carbocycles. The van der Waals surface area contributed by atoms with Gasteiger partial charge in [-0.15, -0.1) is 0 Å². The maximum Gasteiger partial charge on any atom is 0.0499 e. The van der Waals surface area contributed by atoms with E-state index in [1.165, 1.54) is 11.1 Å². The van der Waals surface area contributed by atoms with Crippen LogP contribution in [0.15, 0.2) is 60.7 Å². The van der Waals surface area contributed by atoms with Crippen molar-refractivity contribution in [3.05, 3.63) is 71.8 Å². The summed E-state index contributed by atoms with van der Waals surface area (Å²) in [5, 5.41) is 3.69. The molecule has 112 valence electrons. The van der Waals surface area contributed by atoms with E-state index in [0.29, 0.717) is 12.0 Å². The summed E-state index contributed by atoms with van der Waals surface area (Å²) in [6.45, 7) is 3.96. The molecule has 2 nitrogen and oxygen atoms in total. The maximum absolute atomic E-state index is 5.22. The first-order valence-corrected chi connectivity index (χ1v) is 7.60. The van der Waals surface area contributed by atoms with Gasteiger partial charge in [0, 0.05) is 26.3 Å². The Labute approximate surface area is 128 Å². The Morgan fingerprint density at radius 1 is 0.952 bits per heavy atom. The minimum Gasteiger partial charge on any atom is -0.384 e. The van der Waals surface area contributed by atoms with Gasteiger partial charge in [0.05, 0.1) is 0 Å². The van der Waals surface area contributed by atoms with Crippen LogP contribution in [0.4, 0.5) is 0 Å². The van der Waals surface area contributed by atoms with E-state index in [4.69, 9.17) is 4.74 Å². The molecule has 0 spiro atoms. The van der Waals surface area contributed by atoms with Gasteiger partial charge in [-0.05, 0) is 23.5 Å². The lowest BCUT2D eigenvalue weighted by molar-refractivity contribution is 0.157. The van der Waals surface area contributed by atoms with Gasteiger partial charge in [0.2, 0.25) is 0 Å². The number of hydrogen-bond donors (Lipinski definition) is 1. The van der Waals surface area contributed by atoms with Gasteiger partial charge in [-0.2, -0.15) is 0 Å². The second kappa shape index (κ2) is 8.60. The molecule has 2 unspecified atom stereocenters. The fraction of sp³-hybridized carbons (Fsp3) is 0.368. The molecule has 0 aliphatic rings. The highest BCUT2D eigenvalue weighted by Crippen LogP contribution is 2.18. The SMILES string of the molecule is COCC(C)CNC(Cc1ccccc1)c1ccccc1. The molecular weight excluding hydrogens is 258 g/mol. The lowest BCUT2D eigenvalue weighted by Gasteiger charge is -2.22. The van der Waals surface area contributed by atoms with Crippen molar-refractivity contribution in [2.24, 2.45) is 5.92 Å². The zero-order chi connectivity index (χ0) is 14.9. The molecule has 0 saturated heterocycles. The third-order valence-electron chi connectivity index (χ3n) is 3.65. The molecule has 0 radical (unpaired) electrons. The van der Waals surface area contributed by atoms with Crippen molar-refractivity contribution < 1.29 is 4.74 Å². The quantitative estimate of drug-likeness (QED) is 0.794. The van der Waals surface area contributed by atoms with E-state index < -0.39 is 0 Å². The highest BCUT2D eigenvalue weighted by Gasteiger charge is 2.13. The van der Waals surface area contributed by atoms with Crippen molar-refractivity contribution in [2.75, 3.05) is 20.3 Å². The number of methoxy groups -OCH3 is 1. The van der Waals surface area contributed by atoms with Gasteiger partial charge in [0.15, 0.2) is 0 Å². The van der Waals surface area contributed by atoms with E-state index in [9.17, 15) is 0 Å². The first kappa shape index (κ1) is 15.7. The van der Waals surface area contributed by atoms with Crippen LogP contribution in [0.25, 0.3) is 0 Å². The molecule has 2 aromatic carbocycles. The fourth-order valence-corrected chi connectivity index (χ4v) is 2.53. The van der Waals surface area contributed by atoms with Crippen molar-refractivity contribution in [1.29, 1.82) is 0 Å². The van der Waals surface area contributed by atoms with E-state index in [1.54, 1.807) is 7.11 Å². The molecular formula is C19H25NO. The minimum absolute atomic E-state index is 0.341. The summed E-state index contributed by atoms with van der Waals surface area (Å²) in [6.07, 6.45) is 1.00. The van der Waals surface area contributed by atoms with Gasteiger partial charge in [-0.3, -0.25) is 0 Å². The summed E-state index contributed by atoms with van der Waals surface area (Å²) in [5.41, 5.74) is 2.70. The topological polar surface area (TPSA) is 21.3 Å². The fourth-order valence-electron chi connectivity index (χ4n) is 2.53. The minimum atomic E-state index is 0.341. The van der Waals surface area contributed by atoms with Crippen LogP contribution in [-0.2, 0) is 11.2 Å². The smallest absolute Gasteiger partial charge is 0.0499 e. The predicted octanol–water partition coefficient (Wildman–Crippen LogP) is 3.84. The van der Waals surface area contributed by atoms with E-state index in [2.05, 4.69) is 72.9 Å². The Balaban J connectivity index is 2.04. The molecule has 0 aromatic heterocycles. The Morgan fingerprint density at radius 3 is 2.19 bits per heavy atom. The Hall–Kier alpha value is -1.64. The van der Waals surface area contributed by atoms with Crippen LogP contribution in [0, 0.1) is 5.92 Å². The number of rotatable bonds is 8. The highest BCUT2D eigenvalue weighted by molar-refractivity contribution is 5.23. The number of ether oxygens (including phenoxy) is 1. The van der Waals surface area contributed by atoms with Crippen LogP contribution in [0.5, 0.6) is 0 Å². The van der Waals surface area contributed by atoms with E-state index in [0.717, 1.165) is 19.6 Å². The first-order chi connectivity index (χ1) is 10.3. The average molecular weight is 283 g/mol.